The molecule has 0 aliphatic rings. The molecule has 0 saturated heterocycles. The molecule has 2 amide bonds. The minimum absolute atomic E-state index is 0.147. The fraction of sp³-hybridized carbons (Fsp3) is 0.364. The monoisotopic (exact) mass is 402 g/mol. The Balaban J connectivity index is 2.17. The van der Waals surface area contributed by atoms with Crippen LogP contribution in [0.4, 0.5) is 0 Å². The molecule has 28 heavy (non-hydrogen) atoms. The van der Waals surface area contributed by atoms with E-state index in [0.29, 0.717) is 30.3 Å². The predicted molar refractivity (Wildman–Crippen MR) is 111 cm³/mol. The Morgan fingerprint density at radius 1 is 1.07 bits per heavy atom. The van der Waals surface area contributed by atoms with E-state index in [0.717, 1.165) is 12.0 Å². The van der Waals surface area contributed by atoms with Crippen LogP contribution >= 0.6 is 11.6 Å². The summed E-state index contributed by atoms with van der Waals surface area (Å²) in [4.78, 5) is 27.2. The first-order valence-corrected chi connectivity index (χ1v) is 9.93. The Morgan fingerprint density at radius 2 is 1.75 bits per heavy atom. The molecule has 0 bridgehead atoms. The Hall–Kier alpha value is -2.53. The minimum atomic E-state index is -0.561. The minimum Gasteiger partial charge on any atom is -0.482 e. The third kappa shape index (κ3) is 6.27. The number of benzene rings is 2. The molecule has 0 spiro atoms. The molecule has 0 fully saturated rings. The van der Waals surface area contributed by atoms with Gasteiger partial charge in [0, 0.05) is 13.1 Å². The van der Waals surface area contributed by atoms with Crippen LogP contribution in [0.5, 0.6) is 5.75 Å². The Bertz CT molecular complexity index is 767. The molecule has 0 heterocycles. The van der Waals surface area contributed by atoms with Crippen LogP contribution in [-0.4, -0.2) is 35.9 Å². The number of carbonyl (C=O) groups excluding carboxylic acids is 2. The molecule has 0 aromatic heterocycles. The lowest BCUT2D eigenvalue weighted by Crippen LogP contribution is -2.50. The van der Waals surface area contributed by atoms with Crippen molar-refractivity contribution in [3.05, 3.63) is 65.2 Å². The van der Waals surface area contributed by atoms with Gasteiger partial charge in [0.1, 0.15) is 11.8 Å². The maximum atomic E-state index is 13.0. The lowest BCUT2D eigenvalue weighted by molar-refractivity contribution is -0.143. The van der Waals surface area contributed by atoms with Gasteiger partial charge in [-0.2, -0.15) is 0 Å². The molecule has 150 valence electrons. The maximum absolute atomic E-state index is 13.0. The van der Waals surface area contributed by atoms with E-state index < -0.39 is 6.04 Å². The normalized spacial score (nSPS) is 11.5. The van der Waals surface area contributed by atoms with Gasteiger partial charge in [-0.25, -0.2) is 0 Å². The first-order valence-electron chi connectivity index (χ1n) is 9.55. The van der Waals surface area contributed by atoms with Gasteiger partial charge in [0.15, 0.2) is 6.61 Å². The van der Waals surface area contributed by atoms with Gasteiger partial charge < -0.3 is 15.0 Å². The molecule has 5 nitrogen and oxygen atoms in total. The van der Waals surface area contributed by atoms with Crippen molar-refractivity contribution < 1.29 is 14.3 Å². The molecule has 6 heteroatoms. The summed E-state index contributed by atoms with van der Waals surface area (Å²) in [6.07, 6.45) is 1.35. The standard InChI is InChI=1S/C22H27ClN2O3/c1-3-14-24-22(27)19(4-2)25(15-17-10-6-5-7-11-17)21(26)16-28-20-13-9-8-12-18(20)23/h5-13,19H,3-4,14-16H2,1-2H3,(H,24,27). The fourth-order valence-corrected chi connectivity index (χ4v) is 3.04. The van der Waals surface area contributed by atoms with Crippen molar-refractivity contribution in [2.24, 2.45) is 0 Å². The molecule has 0 saturated carbocycles. The molecular weight excluding hydrogens is 376 g/mol. The molecular formula is C22H27ClN2O3. The van der Waals surface area contributed by atoms with Gasteiger partial charge in [-0.15, -0.1) is 0 Å². The highest BCUT2D eigenvalue weighted by Crippen LogP contribution is 2.23. The van der Waals surface area contributed by atoms with Crippen LogP contribution in [0.25, 0.3) is 0 Å². The van der Waals surface area contributed by atoms with Gasteiger partial charge in [-0.05, 0) is 30.5 Å². The number of halogens is 1. The van der Waals surface area contributed by atoms with E-state index >= 15 is 0 Å². The van der Waals surface area contributed by atoms with Crippen LogP contribution in [0.15, 0.2) is 54.6 Å². The van der Waals surface area contributed by atoms with E-state index in [1.54, 1.807) is 29.2 Å². The van der Waals surface area contributed by atoms with Gasteiger partial charge >= 0.3 is 0 Å². The molecule has 0 aliphatic carbocycles. The number of carbonyl (C=O) groups is 2. The number of rotatable bonds is 10. The molecule has 0 aliphatic heterocycles. The first-order chi connectivity index (χ1) is 13.6. The van der Waals surface area contributed by atoms with Crippen LogP contribution < -0.4 is 10.1 Å². The highest BCUT2D eigenvalue weighted by Gasteiger charge is 2.28. The molecule has 1 atom stereocenters. The molecule has 1 unspecified atom stereocenters. The van der Waals surface area contributed by atoms with Crippen molar-refractivity contribution in [2.75, 3.05) is 13.2 Å². The van der Waals surface area contributed by atoms with Crippen LogP contribution in [0.3, 0.4) is 0 Å². The Labute approximate surface area is 171 Å². The van der Waals surface area contributed by atoms with Gasteiger partial charge in [-0.3, -0.25) is 9.59 Å². The molecule has 0 radical (unpaired) electrons. The number of amides is 2. The molecule has 2 aromatic carbocycles. The Morgan fingerprint density at radius 3 is 2.39 bits per heavy atom. The third-order valence-electron chi connectivity index (χ3n) is 4.32. The zero-order valence-electron chi connectivity index (χ0n) is 16.4. The molecule has 1 N–H and O–H groups in total. The largest absolute Gasteiger partial charge is 0.482 e. The smallest absolute Gasteiger partial charge is 0.261 e. The van der Waals surface area contributed by atoms with Crippen molar-refractivity contribution in [2.45, 2.75) is 39.3 Å². The summed E-state index contributed by atoms with van der Waals surface area (Å²) in [5.74, 6) is 0.0364. The highest BCUT2D eigenvalue weighted by molar-refractivity contribution is 6.32. The number of hydrogen-bond donors (Lipinski definition) is 1. The zero-order chi connectivity index (χ0) is 20.4. The average molecular weight is 403 g/mol. The second-order valence-electron chi connectivity index (χ2n) is 6.44. The van der Waals surface area contributed by atoms with E-state index in [1.165, 1.54) is 0 Å². The molecule has 2 aromatic rings. The van der Waals surface area contributed by atoms with E-state index in [4.69, 9.17) is 16.3 Å². The SMILES string of the molecule is CCCNC(=O)C(CC)N(Cc1ccccc1)C(=O)COc1ccccc1Cl. The third-order valence-corrected chi connectivity index (χ3v) is 4.63. The van der Waals surface area contributed by atoms with Crippen LogP contribution in [0.2, 0.25) is 5.02 Å². The van der Waals surface area contributed by atoms with Crippen molar-refractivity contribution >= 4 is 23.4 Å². The van der Waals surface area contributed by atoms with Gasteiger partial charge in [0.25, 0.3) is 5.91 Å². The summed E-state index contributed by atoms with van der Waals surface area (Å²) in [5.41, 5.74) is 0.954. The quantitative estimate of drug-likeness (QED) is 0.652. The van der Waals surface area contributed by atoms with Gasteiger partial charge in [-0.1, -0.05) is 67.9 Å². The highest BCUT2D eigenvalue weighted by atomic mass is 35.5. The van der Waals surface area contributed by atoms with Crippen LogP contribution in [0.1, 0.15) is 32.3 Å². The zero-order valence-corrected chi connectivity index (χ0v) is 17.1. The number of ether oxygens (including phenoxy) is 1. The van der Waals surface area contributed by atoms with Crippen LogP contribution in [0, 0.1) is 0 Å². The summed E-state index contributed by atoms with van der Waals surface area (Å²) >= 11 is 6.10. The second kappa shape index (κ2) is 11.3. The topological polar surface area (TPSA) is 58.6 Å². The average Bonchev–Trinajstić information content (AvgIpc) is 2.72. The maximum Gasteiger partial charge on any atom is 0.261 e. The summed E-state index contributed by atoms with van der Waals surface area (Å²) in [7, 11) is 0. The number of hydrogen-bond acceptors (Lipinski definition) is 3. The summed E-state index contributed by atoms with van der Waals surface area (Å²) in [6, 6.07) is 16.1. The summed E-state index contributed by atoms with van der Waals surface area (Å²) in [6.45, 7) is 4.62. The summed E-state index contributed by atoms with van der Waals surface area (Å²) in [5, 5.41) is 3.33. The molecule has 2 rings (SSSR count). The fourth-order valence-electron chi connectivity index (χ4n) is 2.85. The van der Waals surface area contributed by atoms with E-state index in [-0.39, 0.29) is 18.4 Å². The van der Waals surface area contributed by atoms with E-state index in [1.807, 2.05) is 44.2 Å². The number of nitrogens with zero attached hydrogens (tertiary/aromatic N) is 1. The van der Waals surface area contributed by atoms with E-state index in [2.05, 4.69) is 5.32 Å². The Kier molecular flexibility index (Phi) is 8.82. The second-order valence-corrected chi connectivity index (χ2v) is 6.85. The lowest BCUT2D eigenvalue weighted by Gasteiger charge is -2.30. The predicted octanol–water partition coefficient (Wildman–Crippen LogP) is 4.05. The number of nitrogens with one attached hydrogen (secondary N) is 1. The van der Waals surface area contributed by atoms with E-state index in [9.17, 15) is 9.59 Å². The first kappa shape index (κ1) is 21.8. The van der Waals surface area contributed by atoms with Crippen molar-refractivity contribution in [3.8, 4) is 5.75 Å². The van der Waals surface area contributed by atoms with Crippen molar-refractivity contribution in [1.82, 2.24) is 10.2 Å². The summed E-state index contributed by atoms with van der Waals surface area (Å²) < 4.78 is 5.62. The van der Waals surface area contributed by atoms with Crippen LogP contribution in [-0.2, 0) is 16.1 Å². The van der Waals surface area contributed by atoms with Crippen molar-refractivity contribution in [1.29, 1.82) is 0 Å². The lowest BCUT2D eigenvalue weighted by atomic mass is 10.1. The number of para-hydroxylation sites is 1. The van der Waals surface area contributed by atoms with Gasteiger partial charge in [0.05, 0.1) is 5.02 Å². The van der Waals surface area contributed by atoms with Crippen molar-refractivity contribution in [3.63, 3.8) is 0 Å². The van der Waals surface area contributed by atoms with Gasteiger partial charge in [0.2, 0.25) is 5.91 Å².